The lowest BCUT2D eigenvalue weighted by Gasteiger charge is -2.15. The summed E-state index contributed by atoms with van der Waals surface area (Å²) < 4.78 is 3.12. The van der Waals surface area contributed by atoms with Crippen molar-refractivity contribution < 1.29 is 4.79 Å². The second kappa shape index (κ2) is 7.75. The molecule has 148 valence electrons. The lowest BCUT2D eigenvalue weighted by atomic mass is 10.1. The van der Waals surface area contributed by atoms with Crippen LogP contribution in [0.25, 0.3) is 10.2 Å². The number of thiophene rings is 1. The molecule has 0 unspecified atom stereocenters. The number of carbonyl (C=O) groups is 1. The van der Waals surface area contributed by atoms with Gasteiger partial charge in [0.25, 0.3) is 5.56 Å². The van der Waals surface area contributed by atoms with E-state index in [0.717, 1.165) is 22.4 Å². The molecule has 3 aromatic rings. The largest absolute Gasteiger partial charge is 0.332 e. The van der Waals surface area contributed by atoms with E-state index in [-0.39, 0.29) is 23.9 Å². The molecule has 0 saturated heterocycles. The summed E-state index contributed by atoms with van der Waals surface area (Å²) in [5.41, 5.74) is 3.62. The number of rotatable bonds is 5. The number of anilines is 1. The van der Waals surface area contributed by atoms with Gasteiger partial charge in [-0.25, -0.2) is 4.79 Å². The Hall–Kier alpha value is -2.67. The standard InChI is InChI=1S/C21H25N3O3S/c1-12(2)10-24-20(26)19-16(6-7-28-19)23(21(24)27)11-17(25)22-18-14(4)8-13(3)9-15(18)5/h6-9,12H,10-11H2,1-5H3,(H,22,25). The van der Waals surface area contributed by atoms with Gasteiger partial charge in [0.05, 0.1) is 5.52 Å². The molecule has 0 fully saturated rings. The molecule has 6 nitrogen and oxygen atoms in total. The molecule has 0 saturated carbocycles. The molecule has 0 aliphatic carbocycles. The van der Waals surface area contributed by atoms with Crippen LogP contribution in [0.3, 0.4) is 0 Å². The summed E-state index contributed by atoms with van der Waals surface area (Å²) in [6, 6.07) is 5.74. The van der Waals surface area contributed by atoms with Crippen molar-refractivity contribution in [2.24, 2.45) is 5.92 Å². The van der Waals surface area contributed by atoms with Gasteiger partial charge in [-0.2, -0.15) is 0 Å². The van der Waals surface area contributed by atoms with E-state index in [2.05, 4.69) is 5.32 Å². The number of nitrogens with one attached hydrogen (secondary N) is 1. The fourth-order valence-electron chi connectivity index (χ4n) is 3.51. The Morgan fingerprint density at radius 1 is 1.11 bits per heavy atom. The van der Waals surface area contributed by atoms with Gasteiger partial charge in [-0.15, -0.1) is 11.3 Å². The molecule has 1 amide bonds. The molecule has 0 aliphatic heterocycles. The first-order valence-corrected chi connectivity index (χ1v) is 10.2. The van der Waals surface area contributed by atoms with Gasteiger partial charge in [-0.3, -0.25) is 18.7 Å². The van der Waals surface area contributed by atoms with Crippen molar-refractivity contribution in [2.75, 3.05) is 5.32 Å². The highest BCUT2D eigenvalue weighted by atomic mass is 32.1. The minimum atomic E-state index is -0.447. The van der Waals surface area contributed by atoms with Gasteiger partial charge in [-0.1, -0.05) is 31.5 Å². The van der Waals surface area contributed by atoms with Gasteiger partial charge in [0, 0.05) is 12.2 Å². The number of carbonyl (C=O) groups excluding carboxylic acids is 1. The van der Waals surface area contributed by atoms with Gasteiger partial charge >= 0.3 is 5.69 Å². The lowest BCUT2D eigenvalue weighted by molar-refractivity contribution is -0.116. The van der Waals surface area contributed by atoms with Crippen LogP contribution in [-0.2, 0) is 17.9 Å². The van der Waals surface area contributed by atoms with Gasteiger partial charge in [0.1, 0.15) is 11.2 Å². The fourth-order valence-corrected chi connectivity index (χ4v) is 4.35. The van der Waals surface area contributed by atoms with Crippen LogP contribution in [0.4, 0.5) is 5.69 Å². The monoisotopic (exact) mass is 399 g/mol. The van der Waals surface area contributed by atoms with Crippen molar-refractivity contribution in [3.05, 3.63) is 61.1 Å². The number of amides is 1. The first-order chi connectivity index (χ1) is 13.2. The van der Waals surface area contributed by atoms with E-state index in [4.69, 9.17) is 0 Å². The maximum absolute atomic E-state index is 13.0. The van der Waals surface area contributed by atoms with Crippen molar-refractivity contribution in [2.45, 2.75) is 47.7 Å². The van der Waals surface area contributed by atoms with E-state index in [1.807, 2.05) is 46.8 Å². The molecule has 2 heterocycles. The highest BCUT2D eigenvalue weighted by Gasteiger charge is 2.17. The third-order valence-corrected chi connectivity index (χ3v) is 5.52. The number of nitrogens with zero attached hydrogens (tertiary/aromatic N) is 2. The summed E-state index contributed by atoms with van der Waals surface area (Å²) in [5, 5.41) is 4.70. The summed E-state index contributed by atoms with van der Waals surface area (Å²) in [4.78, 5) is 38.4. The maximum atomic E-state index is 13.0. The predicted octanol–water partition coefficient (Wildman–Crippen LogP) is 3.44. The molecule has 0 radical (unpaired) electrons. The van der Waals surface area contributed by atoms with E-state index >= 15 is 0 Å². The molecule has 2 aromatic heterocycles. The van der Waals surface area contributed by atoms with Crippen LogP contribution in [-0.4, -0.2) is 15.0 Å². The Morgan fingerprint density at radius 3 is 2.36 bits per heavy atom. The molecule has 0 aliphatic rings. The Morgan fingerprint density at radius 2 is 1.75 bits per heavy atom. The van der Waals surface area contributed by atoms with Crippen molar-refractivity contribution >= 4 is 33.1 Å². The Balaban J connectivity index is 2.01. The summed E-state index contributed by atoms with van der Waals surface area (Å²) in [6.45, 7) is 9.98. The highest BCUT2D eigenvalue weighted by Crippen LogP contribution is 2.22. The van der Waals surface area contributed by atoms with E-state index < -0.39 is 5.69 Å². The average Bonchev–Trinajstić information content (AvgIpc) is 3.08. The Bertz CT molecular complexity index is 1140. The quantitative estimate of drug-likeness (QED) is 0.714. The number of hydrogen-bond donors (Lipinski definition) is 1. The first-order valence-electron chi connectivity index (χ1n) is 9.27. The molecule has 0 atom stereocenters. The molecule has 28 heavy (non-hydrogen) atoms. The van der Waals surface area contributed by atoms with Gasteiger partial charge < -0.3 is 5.32 Å². The van der Waals surface area contributed by atoms with Crippen LogP contribution in [0.15, 0.2) is 33.2 Å². The number of aromatic nitrogens is 2. The molecule has 1 aromatic carbocycles. The van der Waals surface area contributed by atoms with Gasteiger partial charge in [-0.05, 0) is 49.3 Å². The third-order valence-electron chi connectivity index (χ3n) is 4.63. The van der Waals surface area contributed by atoms with Crippen molar-refractivity contribution in [1.29, 1.82) is 0 Å². The summed E-state index contributed by atoms with van der Waals surface area (Å²) in [7, 11) is 0. The molecule has 3 rings (SSSR count). The molecule has 7 heteroatoms. The van der Waals surface area contributed by atoms with Crippen molar-refractivity contribution in [3.8, 4) is 0 Å². The van der Waals surface area contributed by atoms with Gasteiger partial charge in [0.15, 0.2) is 0 Å². The molecular formula is C21H25N3O3S. The number of fused-ring (bicyclic) bond motifs is 1. The van der Waals surface area contributed by atoms with E-state index in [1.165, 1.54) is 20.5 Å². The van der Waals surface area contributed by atoms with Gasteiger partial charge in [0.2, 0.25) is 5.91 Å². The van der Waals surface area contributed by atoms with Crippen molar-refractivity contribution in [1.82, 2.24) is 9.13 Å². The molecule has 0 spiro atoms. The zero-order valence-corrected chi connectivity index (χ0v) is 17.6. The predicted molar refractivity (Wildman–Crippen MR) is 114 cm³/mol. The third kappa shape index (κ3) is 3.80. The Kier molecular flexibility index (Phi) is 5.56. The van der Waals surface area contributed by atoms with E-state index in [1.54, 1.807) is 11.4 Å². The topological polar surface area (TPSA) is 73.1 Å². The molecule has 1 N–H and O–H groups in total. The average molecular weight is 400 g/mol. The smallest absolute Gasteiger partial charge is 0.324 e. The number of benzene rings is 1. The SMILES string of the molecule is Cc1cc(C)c(NC(=O)Cn2c(=O)n(CC(C)C)c(=O)c3sccc32)c(C)c1. The second-order valence-corrected chi connectivity index (χ2v) is 8.55. The first kappa shape index (κ1) is 20.1. The summed E-state index contributed by atoms with van der Waals surface area (Å²) in [6.07, 6.45) is 0. The maximum Gasteiger partial charge on any atom is 0.332 e. The molecule has 0 bridgehead atoms. The minimum Gasteiger partial charge on any atom is -0.324 e. The van der Waals surface area contributed by atoms with Crippen LogP contribution in [0.5, 0.6) is 0 Å². The summed E-state index contributed by atoms with van der Waals surface area (Å²) in [5.74, 6) is -0.151. The highest BCUT2D eigenvalue weighted by molar-refractivity contribution is 7.17. The van der Waals surface area contributed by atoms with Crippen LogP contribution in [0, 0.1) is 26.7 Å². The normalized spacial score (nSPS) is 11.4. The van der Waals surface area contributed by atoms with Crippen LogP contribution in [0.2, 0.25) is 0 Å². The Labute approximate surface area is 167 Å². The zero-order valence-electron chi connectivity index (χ0n) is 16.8. The van der Waals surface area contributed by atoms with Crippen LogP contribution < -0.4 is 16.6 Å². The zero-order chi connectivity index (χ0) is 20.6. The second-order valence-electron chi connectivity index (χ2n) is 7.64. The van der Waals surface area contributed by atoms with Crippen LogP contribution in [0.1, 0.15) is 30.5 Å². The van der Waals surface area contributed by atoms with Crippen molar-refractivity contribution in [3.63, 3.8) is 0 Å². The van der Waals surface area contributed by atoms with Crippen LogP contribution >= 0.6 is 11.3 Å². The van der Waals surface area contributed by atoms with E-state index in [0.29, 0.717) is 16.8 Å². The lowest BCUT2D eigenvalue weighted by Crippen LogP contribution is -2.42. The number of hydrogen-bond acceptors (Lipinski definition) is 4. The fraction of sp³-hybridized carbons (Fsp3) is 0.381. The minimum absolute atomic E-state index is 0.142. The molecular weight excluding hydrogens is 374 g/mol. The number of aryl methyl sites for hydroxylation is 3. The summed E-state index contributed by atoms with van der Waals surface area (Å²) >= 11 is 1.29. The van der Waals surface area contributed by atoms with E-state index in [9.17, 15) is 14.4 Å².